The van der Waals surface area contributed by atoms with Crippen LogP contribution in [0.1, 0.15) is 47.4 Å². The summed E-state index contributed by atoms with van der Waals surface area (Å²) in [7, 11) is 0. The maximum atomic E-state index is 12.8. The summed E-state index contributed by atoms with van der Waals surface area (Å²) in [5.74, 6) is 1.46. The van der Waals surface area contributed by atoms with E-state index in [1.165, 1.54) is 22.3 Å². The van der Waals surface area contributed by atoms with Crippen molar-refractivity contribution in [1.82, 2.24) is 4.90 Å². The van der Waals surface area contributed by atoms with Gasteiger partial charge in [0, 0.05) is 18.0 Å². The summed E-state index contributed by atoms with van der Waals surface area (Å²) in [5.41, 5.74) is 5.87. The van der Waals surface area contributed by atoms with Crippen molar-refractivity contribution >= 4 is 23.5 Å². The van der Waals surface area contributed by atoms with E-state index in [-0.39, 0.29) is 11.4 Å². The predicted molar refractivity (Wildman–Crippen MR) is 107 cm³/mol. The summed E-state index contributed by atoms with van der Waals surface area (Å²) in [5, 5.41) is 3.15. The van der Waals surface area contributed by atoms with Crippen molar-refractivity contribution in [3.63, 3.8) is 0 Å². The lowest BCUT2D eigenvalue weighted by atomic mass is 10.0. The molecule has 0 spiro atoms. The molecule has 2 aromatic carbocycles. The number of aryl methyl sites for hydroxylation is 2. The SMILES string of the molecule is Cc1ccc([C@@H]2SCCN2C(=O)Nc2ccc(C(C)C)cc2)c(C)c1. The predicted octanol–water partition coefficient (Wildman–Crippen LogP) is 5.71. The van der Waals surface area contributed by atoms with Gasteiger partial charge in [-0.2, -0.15) is 0 Å². The Hall–Kier alpha value is -1.94. The van der Waals surface area contributed by atoms with Gasteiger partial charge < -0.3 is 10.2 Å². The Balaban J connectivity index is 1.74. The third-order valence-corrected chi connectivity index (χ3v) is 5.91. The average molecular weight is 355 g/mol. The van der Waals surface area contributed by atoms with Gasteiger partial charge in [0.2, 0.25) is 0 Å². The molecule has 3 nitrogen and oxygen atoms in total. The van der Waals surface area contributed by atoms with Crippen LogP contribution in [0.15, 0.2) is 42.5 Å². The molecule has 0 aromatic heterocycles. The number of anilines is 1. The van der Waals surface area contributed by atoms with E-state index in [0.717, 1.165) is 18.0 Å². The summed E-state index contributed by atoms with van der Waals surface area (Å²) < 4.78 is 0. The van der Waals surface area contributed by atoms with Crippen LogP contribution in [0.25, 0.3) is 0 Å². The Morgan fingerprint density at radius 2 is 1.88 bits per heavy atom. The summed E-state index contributed by atoms with van der Waals surface area (Å²) in [6.07, 6.45) is 0. The molecule has 1 saturated heterocycles. The fourth-order valence-electron chi connectivity index (χ4n) is 3.18. The molecule has 1 aliphatic heterocycles. The summed E-state index contributed by atoms with van der Waals surface area (Å²) in [6.45, 7) is 9.34. The lowest BCUT2D eigenvalue weighted by molar-refractivity contribution is 0.214. The van der Waals surface area contributed by atoms with Gasteiger partial charge in [-0.15, -0.1) is 11.8 Å². The largest absolute Gasteiger partial charge is 0.323 e. The molecule has 0 bridgehead atoms. The number of benzene rings is 2. The van der Waals surface area contributed by atoms with Crippen LogP contribution in [-0.4, -0.2) is 23.2 Å². The van der Waals surface area contributed by atoms with Gasteiger partial charge in [-0.25, -0.2) is 4.79 Å². The first-order chi connectivity index (χ1) is 12.0. The highest BCUT2D eigenvalue weighted by Crippen LogP contribution is 2.39. The van der Waals surface area contributed by atoms with Gasteiger partial charge in [0.05, 0.1) is 0 Å². The van der Waals surface area contributed by atoms with Crippen LogP contribution in [0.4, 0.5) is 10.5 Å². The van der Waals surface area contributed by atoms with Crippen LogP contribution in [-0.2, 0) is 0 Å². The number of hydrogen-bond acceptors (Lipinski definition) is 2. The molecule has 1 heterocycles. The van der Waals surface area contributed by atoms with Crippen LogP contribution >= 0.6 is 11.8 Å². The average Bonchev–Trinajstić information content (AvgIpc) is 3.04. The van der Waals surface area contributed by atoms with E-state index in [2.05, 4.69) is 63.3 Å². The topological polar surface area (TPSA) is 32.3 Å². The Morgan fingerprint density at radius 1 is 1.16 bits per heavy atom. The number of thioether (sulfide) groups is 1. The number of urea groups is 1. The minimum absolute atomic E-state index is 0.0210. The minimum Gasteiger partial charge on any atom is -0.308 e. The quantitative estimate of drug-likeness (QED) is 0.766. The van der Waals surface area contributed by atoms with Crippen molar-refractivity contribution < 1.29 is 4.79 Å². The molecule has 1 aliphatic rings. The van der Waals surface area contributed by atoms with Crippen molar-refractivity contribution in [1.29, 1.82) is 0 Å². The van der Waals surface area contributed by atoms with Crippen LogP contribution in [0.3, 0.4) is 0 Å². The normalized spacial score (nSPS) is 17.2. The smallest absolute Gasteiger partial charge is 0.308 e. The van der Waals surface area contributed by atoms with E-state index in [1.54, 1.807) is 0 Å². The van der Waals surface area contributed by atoms with Gasteiger partial charge in [0.1, 0.15) is 5.37 Å². The van der Waals surface area contributed by atoms with Crippen LogP contribution in [0.2, 0.25) is 0 Å². The number of carbonyl (C=O) groups excluding carboxylic acids is 1. The van der Waals surface area contributed by atoms with Gasteiger partial charge >= 0.3 is 6.03 Å². The maximum Gasteiger partial charge on any atom is 0.323 e. The van der Waals surface area contributed by atoms with Gasteiger partial charge in [-0.05, 0) is 48.6 Å². The molecule has 25 heavy (non-hydrogen) atoms. The highest BCUT2D eigenvalue weighted by Gasteiger charge is 2.31. The zero-order valence-corrected chi connectivity index (χ0v) is 16.2. The molecule has 1 N–H and O–H groups in total. The van der Waals surface area contributed by atoms with E-state index in [4.69, 9.17) is 0 Å². The fourth-order valence-corrected chi connectivity index (χ4v) is 4.54. The first-order valence-corrected chi connectivity index (χ1v) is 9.87. The summed E-state index contributed by atoms with van der Waals surface area (Å²) in [6, 6.07) is 14.6. The molecule has 0 unspecified atom stereocenters. The fraction of sp³-hybridized carbons (Fsp3) is 0.381. The highest BCUT2D eigenvalue weighted by atomic mass is 32.2. The second-order valence-electron chi connectivity index (χ2n) is 6.98. The molecule has 2 amide bonds. The van der Waals surface area contributed by atoms with Crippen molar-refractivity contribution in [3.05, 3.63) is 64.7 Å². The Kier molecular flexibility index (Phi) is 5.38. The monoisotopic (exact) mass is 354 g/mol. The minimum atomic E-state index is -0.0210. The molecule has 0 saturated carbocycles. The maximum absolute atomic E-state index is 12.8. The molecule has 1 atom stereocenters. The first kappa shape index (κ1) is 17.9. The van der Waals surface area contributed by atoms with Crippen LogP contribution < -0.4 is 5.32 Å². The molecule has 3 rings (SSSR count). The Morgan fingerprint density at radius 3 is 2.52 bits per heavy atom. The Labute approximate surface area is 154 Å². The molecule has 0 radical (unpaired) electrons. The van der Waals surface area contributed by atoms with Gasteiger partial charge in [-0.3, -0.25) is 0 Å². The van der Waals surface area contributed by atoms with Gasteiger partial charge in [0.25, 0.3) is 0 Å². The lowest BCUT2D eigenvalue weighted by Gasteiger charge is -2.26. The zero-order valence-electron chi connectivity index (χ0n) is 15.4. The lowest BCUT2D eigenvalue weighted by Crippen LogP contribution is -2.34. The number of nitrogens with zero attached hydrogens (tertiary/aromatic N) is 1. The standard InChI is InChI=1S/C21H26N2OS/c1-14(2)17-6-8-18(9-7-17)22-21(24)23-11-12-25-20(23)19-10-5-15(3)13-16(19)4/h5-10,13-14,20H,11-12H2,1-4H3,(H,22,24)/t20-/m0/s1. The molecule has 0 aliphatic carbocycles. The van der Waals surface area contributed by atoms with Crippen LogP contribution in [0, 0.1) is 13.8 Å². The molecular formula is C21H26N2OS. The highest BCUT2D eigenvalue weighted by molar-refractivity contribution is 7.99. The van der Waals surface area contributed by atoms with Crippen molar-refractivity contribution in [2.24, 2.45) is 0 Å². The summed E-state index contributed by atoms with van der Waals surface area (Å²) >= 11 is 1.83. The number of nitrogens with one attached hydrogen (secondary N) is 1. The van der Waals surface area contributed by atoms with Crippen LogP contribution in [0.5, 0.6) is 0 Å². The number of amides is 2. The number of hydrogen-bond donors (Lipinski definition) is 1. The second-order valence-corrected chi connectivity index (χ2v) is 8.17. The van der Waals surface area contributed by atoms with Crippen molar-refractivity contribution in [2.45, 2.75) is 39.0 Å². The van der Waals surface area contributed by atoms with E-state index >= 15 is 0 Å². The molecular weight excluding hydrogens is 328 g/mol. The second kappa shape index (κ2) is 7.52. The first-order valence-electron chi connectivity index (χ1n) is 8.82. The Bertz CT molecular complexity index is 755. The van der Waals surface area contributed by atoms with E-state index in [0.29, 0.717) is 5.92 Å². The van der Waals surface area contributed by atoms with E-state index in [1.807, 2.05) is 28.8 Å². The zero-order chi connectivity index (χ0) is 18.0. The third-order valence-electron chi connectivity index (χ3n) is 4.67. The molecule has 132 valence electrons. The van der Waals surface area contributed by atoms with E-state index < -0.39 is 0 Å². The van der Waals surface area contributed by atoms with E-state index in [9.17, 15) is 4.79 Å². The molecule has 2 aromatic rings. The van der Waals surface area contributed by atoms with Crippen molar-refractivity contribution in [2.75, 3.05) is 17.6 Å². The van der Waals surface area contributed by atoms with Gasteiger partial charge in [-0.1, -0.05) is 49.7 Å². The summed E-state index contributed by atoms with van der Waals surface area (Å²) in [4.78, 5) is 14.7. The number of rotatable bonds is 3. The number of carbonyl (C=O) groups is 1. The molecule has 1 fully saturated rings. The van der Waals surface area contributed by atoms with Gasteiger partial charge in [0.15, 0.2) is 0 Å². The van der Waals surface area contributed by atoms with Crippen molar-refractivity contribution in [3.8, 4) is 0 Å². The third kappa shape index (κ3) is 4.01. The molecule has 4 heteroatoms.